The van der Waals surface area contributed by atoms with Crippen LogP contribution in [0.5, 0.6) is 0 Å². The van der Waals surface area contributed by atoms with E-state index in [-0.39, 0.29) is 35.3 Å². The Kier molecular flexibility index (Phi) is 12.7. The summed E-state index contributed by atoms with van der Waals surface area (Å²) in [6.07, 6.45) is 4.22. The maximum absolute atomic E-state index is 10.4. The molecule has 119 valence electrons. The van der Waals surface area contributed by atoms with Crippen molar-refractivity contribution in [2.24, 2.45) is 5.73 Å². The Labute approximate surface area is 154 Å². The smallest absolute Gasteiger partial charge is 0.642 e. The molecule has 0 saturated heterocycles. The molecule has 1 amide bonds. The number of hydrogen-bond acceptors (Lipinski definition) is 9. The van der Waals surface area contributed by atoms with E-state index in [1.807, 2.05) is 0 Å². The van der Waals surface area contributed by atoms with Crippen molar-refractivity contribution < 1.29 is 62.7 Å². The molecule has 0 bridgehead atoms. The Bertz CT molecular complexity index is 506. The van der Waals surface area contributed by atoms with Crippen LogP contribution in [0.2, 0.25) is 0 Å². The number of hydrogen-bond donors (Lipinski definition) is 1. The Morgan fingerprint density at radius 3 is 1.61 bits per heavy atom. The van der Waals surface area contributed by atoms with E-state index < -0.39 is 31.1 Å². The quantitative estimate of drug-likeness (QED) is 0.548. The van der Waals surface area contributed by atoms with Crippen molar-refractivity contribution in [1.82, 2.24) is 9.97 Å². The van der Waals surface area contributed by atoms with Crippen LogP contribution in [-0.2, 0) is 28.3 Å². The van der Waals surface area contributed by atoms with Gasteiger partial charge in [0.2, 0.25) is 0 Å². The molecule has 23 heavy (non-hydrogen) atoms. The van der Waals surface area contributed by atoms with Crippen molar-refractivity contribution in [1.29, 1.82) is 0 Å². The molecule has 1 rings (SSSR count). The van der Waals surface area contributed by atoms with Crippen molar-refractivity contribution in [2.75, 3.05) is 0 Å². The van der Waals surface area contributed by atoms with Crippen LogP contribution >= 0.6 is 0 Å². The summed E-state index contributed by atoms with van der Waals surface area (Å²) in [4.78, 5) is 48.8. The van der Waals surface area contributed by atoms with Crippen LogP contribution in [0.4, 0.5) is 0 Å². The van der Waals surface area contributed by atoms with Gasteiger partial charge in [0.25, 0.3) is 23.8 Å². The molecule has 12 heteroatoms. The van der Waals surface area contributed by atoms with Gasteiger partial charge < -0.3 is 19.7 Å². The van der Waals surface area contributed by atoms with E-state index in [2.05, 4.69) is 23.9 Å². The molecular weight excluding hydrogens is 320 g/mol. The minimum absolute atomic E-state index is 0. The van der Waals surface area contributed by atoms with Gasteiger partial charge in [-0.2, -0.15) is 0 Å². The van der Waals surface area contributed by atoms with Crippen molar-refractivity contribution >= 4 is 31.1 Å². The summed E-state index contributed by atoms with van der Waals surface area (Å²) in [5.41, 5.74) is 5.06. The van der Waals surface area contributed by atoms with Gasteiger partial charge in [-0.1, -0.05) is 0 Å². The first kappa shape index (κ1) is 23.3. The average Bonchev–Trinajstić information content (AvgIpc) is 2.38. The zero-order valence-corrected chi connectivity index (χ0v) is 15.1. The van der Waals surface area contributed by atoms with Gasteiger partial charge in [0.15, 0.2) is 0 Å². The number of amides is 1. The number of rotatable bonds is 4. The van der Waals surface area contributed by atoms with E-state index in [1.54, 1.807) is 0 Å². The Hall–Kier alpha value is -1.98. The minimum Gasteiger partial charge on any atom is -0.642 e. The van der Waals surface area contributed by atoms with Crippen LogP contribution in [0.25, 0.3) is 0 Å². The van der Waals surface area contributed by atoms with Gasteiger partial charge in [0, 0.05) is 33.2 Å². The maximum atomic E-state index is 10.4. The summed E-state index contributed by atoms with van der Waals surface area (Å²) in [6.45, 7) is 3.29. The SMILES string of the molecule is CC(=O)O[B-](OC(C)=O)OC(C)=O.NC(=O)c1cnccn1.[Na+]. The van der Waals surface area contributed by atoms with Gasteiger partial charge in [0.05, 0.1) is 6.20 Å². The molecule has 1 heterocycles. The largest absolute Gasteiger partial charge is 1.00 e. The van der Waals surface area contributed by atoms with E-state index >= 15 is 0 Å². The van der Waals surface area contributed by atoms with Gasteiger partial charge in [-0.05, 0) is 0 Å². The van der Waals surface area contributed by atoms with E-state index in [0.29, 0.717) is 0 Å². The normalized spacial score (nSPS) is 8.70. The van der Waals surface area contributed by atoms with Gasteiger partial charge in [-0.3, -0.25) is 24.2 Å². The molecule has 2 N–H and O–H groups in total. The number of carbonyl (C=O) groups excluding carboxylic acids is 4. The summed E-state index contributed by atoms with van der Waals surface area (Å²) in [5, 5.41) is 0. The Morgan fingerprint density at radius 2 is 1.39 bits per heavy atom. The van der Waals surface area contributed by atoms with E-state index in [9.17, 15) is 19.2 Å². The summed E-state index contributed by atoms with van der Waals surface area (Å²) >= 11 is 0. The van der Waals surface area contributed by atoms with Crippen molar-refractivity contribution in [3.63, 3.8) is 0 Å². The fourth-order valence-corrected chi connectivity index (χ4v) is 0.905. The van der Waals surface area contributed by atoms with Crippen LogP contribution in [0.1, 0.15) is 31.3 Å². The van der Waals surface area contributed by atoms with Gasteiger partial charge >= 0.3 is 36.9 Å². The van der Waals surface area contributed by atoms with E-state index in [1.165, 1.54) is 18.6 Å². The first-order valence-electron chi connectivity index (χ1n) is 5.79. The molecule has 0 fully saturated rings. The fourth-order valence-electron chi connectivity index (χ4n) is 0.905. The third-order valence-electron chi connectivity index (χ3n) is 1.60. The van der Waals surface area contributed by atoms with Crippen LogP contribution < -0.4 is 35.3 Å². The third-order valence-corrected chi connectivity index (χ3v) is 1.60. The van der Waals surface area contributed by atoms with Crippen LogP contribution in [0.15, 0.2) is 18.6 Å². The molecule has 0 saturated carbocycles. The summed E-state index contributed by atoms with van der Waals surface area (Å²) in [5.74, 6) is -2.70. The van der Waals surface area contributed by atoms with E-state index in [4.69, 9.17) is 5.73 Å². The van der Waals surface area contributed by atoms with Crippen molar-refractivity contribution in [3.05, 3.63) is 24.3 Å². The predicted molar refractivity (Wildman–Crippen MR) is 71.6 cm³/mol. The average molecular weight is 334 g/mol. The predicted octanol–water partition coefficient (Wildman–Crippen LogP) is -3.76. The fraction of sp³-hybridized carbons (Fsp3) is 0.273. The first-order valence-corrected chi connectivity index (χ1v) is 5.79. The molecule has 1 aromatic heterocycles. The van der Waals surface area contributed by atoms with Crippen molar-refractivity contribution in [2.45, 2.75) is 20.8 Å². The zero-order chi connectivity index (χ0) is 17.1. The topological polar surface area (TPSA) is 148 Å². The molecule has 1 aromatic rings. The number of nitrogens with two attached hydrogens (primary N) is 1. The monoisotopic (exact) mass is 334 g/mol. The molecule has 0 spiro atoms. The van der Waals surface area contributed by atoms with Crippen LogP contribution in [0, 0.1) is 0 Å². The molecule has 0 aromatic carbocycles. The van der Waals surface area contributed by atoms with Gasteiger partial charge in [0.1, 0.15) is 5.69 Å². The first-order chi connectivity index (χ1) is 10.2. The molecule has 1 radical (unpaired) electrons. The molecule has 0 unspecified atom stereocenters. The van der Waals surface area contributed by atoms with E-state index in [0.717, 1.165) is 20.8 Å². The molecule has 0 aliphatic heterocycles. The Morgan fingerprint density at radius 1 is 0.957 bits per heavy atom. The van der Waals surface area contributed by atoms with Crippen molar-refractivity contribution in [3.8, 4) is 0 Å². The van der Waals surface area contributed by atoms with Crippen LogP contribution in [0.3, 0.4) is 0 Å². The molecule has 10 nitrogen and oxygen atoms in total. The van der Waals surface area contributed by atoms with Crippen LogP contribution in [-0.4, -0.2) is 41.1 Å². The second-order valence-corrected chi connectivity index (χ2v) is 3.57. The third kappa shape index (κ3) is 13.4. The Balaban J connectivity index is 0. The minimum atomic E-state index is -1.59. The number of primary amides is 1. The number of carbonyl (C=O) groups is 4. The van der Waals surface area contributed by atoms with Gasteiger partial charge in [-0.25, -0.2) is 4.98 Å². The van der Waals surface area contributed by atoms with Gasteiger partial charge in [-0.15, -0.1) is 0 Å². The summed E-state index contributed by atoms with van der Waals surface area (Å²) in [6, 6.07) is 0. The zero-order valence-electron chi connectivity index (χ0n) is 13.1. The molecule has 0 aliphatic rings. The summed E-state index contributed by atoms with van der Waals surface area (Å²) < 4.78 is 13.0. The second kappa shape index (κ2) is 12.6. The standard InChI is InChI=1S/C6H9BO6.C5H5N3O.Na/c1-4(8)11-7(12-5(2)9)13-6(3)10;6-5(9)4-3-7-1-2-8-4;/h1-3H3;1-3H,(H2,6,9);/q-1;;+1. The maximum Gasteiger partial charge on any atom is 1.00 e. The molecule has 0 atom stereocenters. The number of aromatic nitrogens is 2. The summed E-state index contributed by atoms with van der Waals surface area (Å²) in [7, 11) is -1.59. The number of nitrogens with zero attached hydrogens (tertiary/aromatic N) is 2. The molecule has 0 aliphatic carbocycles. The molecular formula is C11H14BN3NaO7. The second-order valence-electron chi connectivity index (χ2n) is 3.57.